The van der Waals surface area contributed by atoms with E-state index >= 15 is 0 Å². The largest absolute Gasteiger partial charge is 0.368 e. The maximum atomic E-state index is 11.1. The zero-order chi connectivity index (χ0) is 11.1. The summed E-state index contributed by atoms with van der Waals surface area (Å²) in [6.07, 6.45) is 1.60. The second-order valence-corrected chi connectivity index (χ2v) is 3.54. The highest BCUT2D eigenvalue weighted by Gasteiger charge is 2.18. The topological polar surface area (TPSA) is 117 Å². The lowest BCUT2D eigenvalue weighted by Gasteiger charge is -2.11. The Labute approximate surface area is 89.9 Å². The Balaban J connectivity index is 2.52. The number of hydrogen-bond acceptors (Lipinski definition) is 5. The van der Waals surface area contributed by atoms with E-state index in [9.17, 15) is 4.79 Å². The van der Waals surface area contributed by atoms with Crippen LogP contribution in [0, 0.1) is 0 Å². The molecule has 1 amide bonds. The molecule has 0 aliphatic rings. The van der Waals surface area contributed by atoms with Gasteiger partial charge in [-0.25, -0.2) is 4.98 Å². The lowest BCUT2D eigenvalue weighted by Crippen LogP contribution is -2.34. The van der Waals surface area contributed by atoms with E-state index in [-0.39, 0.29) is 6.54 Å². The van der Waals surface area contributed by atoms with E-state index in [1.165, 1.54) is 11.3 Å². The van der Waals surface area contributed by atoms with Gasteiger partial charge >= 0.3 is 0 Å². The van der Waals surface area contributed by atoms with Gasteiger partial charge in [0.15, 0.2) is 0 Å². The molecule has 1 unspecified atom stereocenters. The van der Waals surface area contributed by atoms with Gasteiger partial charge in [0.25, 0.3) is 0 Å². The number of nitrogens with one attached hydrogen (secondary N) is 1. The number of hydrogen-bond donors (Lipinski definition) is 2. The molecule has 0 saturated heterocycles. The quantitative estimate of drug-likeness (QED) is 0.319. The molecule has 1 aromatic heterocycles. The van der Waals surface area contributed by atoms with Gasteiger partial charge in [-0.2, -0.15) is 0 Å². The van der Waals surface area contributed by atoms with E-state index in [0.717, 1.165) is 0 Å². The molecule has 0 saturated carbocycles. The van der Waals surface area contributed by atoms with Crippen molar-refractivity contribution >= 4 is 17.2 Å². The van der Waals surface area contributed by atoms with Gasteiger partial charge in [-0.1, -0.05) is 5.11 Å². The standard InChI is InChI=1S/C7H10N6OS/c8-6(14)5(7-11-3-4-15-7)10-1-2-12-13-9/h3-5,10H,1-2H2,(H2,8,14). The first kappa shape index (κ1) is 11.4. The van der Waals surface area contributed by atoms with E-state index in [0.29, 0.717) is 11.6 Å². The van der Waals surface area contributed by atoms with Crippen molar-refractivity contribution < 1.29 is 4.79 Å². The average Bonchev–Trinajstić information content (AvgIpc) is 2.70. The third-order valence-electron chi connectivity index (χ3n) is 1.61. The number of carbonyl (C=O) groups excluding carboxylic acids is 1. The third-order valence-corrected chi connectivity index (χ3v) is 2.45. The Morgan fingerprint density at radius 1 is 1.87 bits per heavy atom. The molecule has 1 heterocycles. The van der Waals surface area contributed by atoms with Crippen LogP contribution in [0.5, 0.6) is 0 Å². The van der Waals surface area contributed by atoms with E-state index < -0.39 is 11.9 Å². The van der Waals surface area contributed by atoms with Gasteiger partial charge in [0.2, 0.25) is 5.91 Å². The first-order valence-electron chi connectivity index (χ1n) is 4.18. The van der Waals surface area contributed by atoms with Crippen molar-refractivity contribution in [2.75, 3.05) is 13.1 Å². The molecule has 0 aromatic carbocycles. The van der Waals surface area contributed by atoms with E-state index in [1.807, 2.05) is 0 Å². The van der Waals surface area contributed by atoms with Crippen molar-refractivity contribution in [3.8, 4) is 0 Å². The van der Waals surface area contributed by atoms with Crippen LogP contribution in [-0.2, 0) is 4.79 Å². The molecular weight excluding hydrogens is 216 g/mol. The molecule has 1 aromatic rings. The molecule has 0 fully saturated rings. The van der Waals surface area contributed by atoms with Crippen molar-refractivity contribution in [1.82, 2.24) is 10.3 Å². The summed E-state index contributed by atoms with van der Waals surface area (Å²) < 4.78 is 0. The minimum atomic E-state index is -0.612. The van der Waals surface area contributed by atoms with Crippen molar-refractivity contribution in [2.45, 2.75) is 6.04 Å². The highest BCUT2D eigenvalue weighted by molar-refractivity contribution is 7.09. The Bertz CT molecular complexity index is 358. The second-order valence-electron chi connectivity index (χ2n) is 2.61. The van der Waals surface area contributed by atoms with Crippen molar-refractivity contribution in [2.24, 2.45) is 10.8 Å². The highest BCUT2D eigenvalue weighted by Crippen LogP contribution is 2.14. The molecule has 0 aliphatic heterocycles. The SMILES string of the molecule is [N-]=[N+]=NCCNC(C(N)=O)c1nccs1. The summed E-state index contributed by atoms with van der Waals surface area (Å²) in [6.45, 7) is 0.656. The van der Waals surface area contributed by atoms with E-state index in [1.54, 1.807) is 11.6 Å². The number of rotatable bonds is 6. The summed E-state index contributed by atoms with van der Waals surface area (Å²) in [7, 11) is 0. The number of thiazole rings is 1. The molecule has 3 N–H and O–H groups in total. The number of nitrogens with two attached hydrogens (primary N) is 1. The van der Waals surface area contributed by atoms with Crippen molar-refractivity contribution in [3.63, 3.8) is 0 Å². The summed E-state index contributed by atoms with van der Waals surface area (Å²) in [5.74, 6) is -0.495. The molecular formula is C7H10N6OS. The minimum absolute atomic E-state index is 0.269. The molecule has 1 rings (SSSR count). The van der Waals surface area contributed by atoms with Crippen LogP contribution in [0.1, 0.15) is 11.0 Å². The van der Waals surface area contributed by atoms with Crippen LogP contribution in [0.25, 0.3) is 10.4 Å². The Kier molecular flexibility index (Phi) is 4.55. The number of azide groups is 1. The van der Waals surface area contributed by atoms with Crippen molar-refractivity contribution in [3.05, 3.63) is 27.0 Å². The number of carbonyl (C=O) groups is 1. The number of aromatic nitrogens is 1. The van der Waals surface area contributed by atoms with Crippen LogP contribution in [0.2, 0.25) is 0 Å². The normalized spacial score (nSPS) is 11.7. The van der Waals surface area contributed by atoms with Gasteiger partial charge in [0.05, 0.1) is 0 Å². The van der Waals surface area contributed by atoms with Crippen LogP contribution in [0.4, 0.5) is 0 Å². The fourth-order valence-corrected chi connectivity index (χ4v) is 1.71. The van der Waals surface area contributed by atoms with Crippen LogP contribution in [0.3, 0.4) is 0 Å². The van der Waals surface area contributed by atoms with Crippen LogP contribution < -0.4 is 11.1 Å². The predicted molar refractivity (Wildman–Crippen MR) is 56.1 cm³/mol. The lowest BCUT2D eigenvalue weighted by molar-refractivity contribution is -0.120. The van der Waals surface area contributed by atoms with Gasteiger partial charge in [-0.05, 0) is 5.53 Å². The average molecular weight is 226 g/mol. The Morgan fingerprint density at radius 3 is 3.20 bits per heavy atom. The number of nitrogens with zero attached hydrogens (tertiary/aromatic N) is 4. The molecule has 80 valence electrons. The monoisotopic (exact) mass is 226 g/mol. The molecule has 0 spiro atoms. The first-order valence-corrected chi connectivity index (χ1v) is 5.06. The number of primary amides is 1. The number of amides is 1. The summed E-state index contributed by atoms with van der Waals surface area (Å²) in [5.41, 5.74) is 13.3. The molecule has 8 heteroatoms. The fraction of sp³-hybridized carbons (Fsp3) is 0.429. The lowest BCUT2D eigenvalue weighted by atomic mass is 10.3. The molecule has 0 bridgehead atoms. The van der Waals surface area contributed by atoms with Crippen LogP contribution >= 0.6 is 11.3 Å². The summed E-state index contributed by atoms with van der Waals surface area (Å²) in [5, 5.41) is 8.58. The van der Waals surface area contributed by atoms with Gasteiger partial charge in [-0.15, -0.1) is 11.3 Å². The summed E-state index contributed by atoms with van der Waals surface area (Å²) in [6, 6.07) is -0.612. The van der Waals surface area contributed by atoms with E-state index in [2.05, 4.69) is 20.3 Å². The van der Waals surface area contributed by atoms with Gasteiger partial charge in [-0.3, -0.25) is 4.79 Å². The molecule has 1 atom stereocenters. The van der Waals surface area contributed by atoms with Crippen LogP contribution in [0.15, 0.2) is 16.7 Å². The predicted octanol–water partition coefficient (Wildman–Crippen LogP) is 0.569. The van der Waals surface area contributed by atoms with Crippen molar-refractivity contribution in [1.29, 1.82) is 0 Å². The first-order chi connectivity index (χ1) is 7.25. The van der Waals surface area contributed by atoms with E-state index in [4.69, 9.17) is 11.3 Å². The minimum Gasteiger partial charge on any atom is -0.368 e. The maximum absolute atomic E-state index is 11.1. The molecule has 15 heavy (non-hydrogen) atoms. The Hall–Kier alpha value is -1.63. The Morgan fingerprint density at radius 2 is 2.67 bits per heavy atom. The smallest absolute Gasteiger partial charge is 0.241 e. The zero-order valence-corrected chi connectivity index (χ0v) is 8.65. The third kappa shape index (κ3) is 3.55. The fourth-order valence-electron chi connectivity index (χ4n) is 0.990. The maximum Gasteiger partial charge on any atom is 0.241 e. The zero-order valence-electron chi connectivity index (χ0n) is 7.83. The van der Waals surface area contributed by atoms with Gasteiger partial charge in [0.1, 0.15) is 11.0 Å². The highest BCUT2D eigenvalue weighted by atomic mass is 32.1. The van der Waals surface area contributed by atoms with Crippen LogP contribution in [-0.4, -0.2) is 24.0 Å². The summed E-state index contributed by atoms with van der Waals surface area (Å²) in [4.78, 5) is 17.7. The summed E-state index contributed by atoms with van der Waals surface area (Å²) >= 11 is 1.35. The molecule has 0 aliphatic carbocycles. The van der Waals surface area contributed by atoms with Gasteiger partial charge < -0.3 is 11.1 Å². The molecule has 7 nitrogen and oxygen atoms in total. The second kappa shape index (κ2) is 5.97. The van der Waals surface area contributed by atoms with Gasteiger partial charge in [0, 0.05) is 29.6 Å². The molecule has 0 radical (unpaired) electrons.